The number of piperidine rings is 1. The highest BCUT2D eigenvalue weighted by Gasteiger charge is 2.38. The zero-order valence-electron chi connectivity index (χ0n) is 22.7. The predicted octanol–water partition coefficient (Wildman–Crippen LogP) is 4.86. The number of anilines is 1. The van der Waals surface area contributed by atoms with Crippen molar-refractivity contribution in [2.24, 2.45) is 0 Å². The van der Waals surface area contributed by atoms with Gasteiger partial charge in [-0.15, -0.1) is 0 Å². The van der Waals surface area contributed by atoms with Crippen LogP contribution >= 0.6 is 0 Å². The first-order valence-electron chi connectivity index (χ1n) is 13.5. The Kier molecular flexibility index (Phi) is 8.11. The van der Waals surface area contributed by atoms with Gasteiger partial charge in [-0.25, -0.2) is 23.7 Å². The number of nitrogens with zero attached hydrogens (tertiary/aromatic N) is 5. The van der Waals surface area contributed by atoms with Crippen LogP contribution in [0.5, 0.6) is 0 Å². The number of halogens is 5. The van der Waals surface area contributed by atoms with Crippen LogP contribution in [0, 0.1) is 0 Å². The summed E-state index contributed by atoms with van der Waals surface area (Å²) in [6.45, 7) is 5.38. The molecular weight excluding hydrogens is 547 g/mol. The molecule has 8 nitrogen and oxygen atoms in total. The molecule has 4 heterocycles. The smallest absolute Gasteiger partial charge is 0.372 e. The first kappa shape index (κ1) is 29.1. The van der Waals surface area contributed by atoms with Crippen molar-refractivity contribution in [1.82, 2.24) is 25.2 Å². The monoisotopic (exact) mass is 578 g/mol. The standard InChI is InChI=1S/C28H31F5N6O2/c1-17-15-39(16-18(2)41-17)24-7-6-20-21(4-3-5-22(20)37-24)25(40)34-14-23(38-10-8-27(29,30)9-11-38)19-12-35-26(36-13-19)28(31,32)33/h3-7,12-13,17-18,23H,8-11,14-16H2,1-2H3,(H,34,40). The van der Waals surface area contributed by atoms with Crippen LogP contribution in [0.3, 0.4) is 0 Å². The van der Waals surface area contributed by atoms with E-state index < -0.39 is 42.7 Å². The fourth-order valence-electron chi connectivity index (χ4n) is 5.44. The summed E-state index contributed by atoms with van der Waals surface area (Å²) in [7, 11) is 0. The van der Waals surface area contributed by atoms with Gasteiger partial charge < -0.3 is 15.0 Å². The van der Waals surface area contributed by atoms with Gasteiger partial charge in [0.1, 0.15) is 5.82 Å². The topological polar surface area (TPSA) is 83.5 Å². The summed E-state index contributed by atoms with van der Waals surface area (Å²) in [6.07, 6.45) is -3.30. The van der Waals surface area contributed by atoms with Crippen molar-refractivity contribution in [3.05, 3.63) is 59.7 Å². The minimum Gasteiger partial charge on any atom is -0.372 e. The normalized spacial score (nSPS) is 22.5. The van der Waals surface area contributed by atoms with Gasteiger partial charge in [-0.1, -0.05) is 6.07 Å². The second-order valence-corrected chi connectivity index (χ2v) is 10.7. The fraction of sp³-hybridized carbons (Fsp3) is 0.500. The molecule has 220 valence electrons. The van der Waals surface area contributed by atoms with Gasteiger partial charge in [0.15, 0.2) is 0 Å². The second kappa shape index (κ2) is 11.4. The number of likely N-dealkylation sites (tertiary alicyclic amines) is 1. The minimum atomic E-state index is -4.71. The molecule has 2 aliphatic heterocycles. The summed E-state index contributed by atoms with van der Waals surface area (Å²) in [4.78, 5) is 28.8. The van der Waals surface area contributed by atoms with Gasteiger partial charge in [0.25, 0.3) is 11.8 Å². The third kappa shape index (κ3) is 6.72. The van der Waals surface area contributed by atoms with Gasteiger partial charge in [0, 0.05) is 74.5 Å². The Morgan fingerprint density at radius 3 is 2.37 bits per heavy atom. The summed E-state index contributed by atoms with van der Waals surface area (Å²) in [5.74, 6) is -3.74. The summed E-state index contributed by atoms with van der Waals surface area (Å²) in [5.41, 5.74) is 1.30. The van der Waals surface area contributed by atoms with Gasteiger partial charge in [-0.2, -0.15) is 13.2 Å². The number of alkyl halides is 5. The summed E-state index contributed by atoms with van der Waals surface area (Å²) < 4.78 is 72.5. The number of hydrogen-bond donors (Lipinski definition) is 1. The molecule has 1 aromatic carbocycles. The average Bonchev–Trinajstić information content (AvgIpc) is 2.92. The molecule has 3 aromatic rings. The number of amides is 1. The first-order chi connectivity index (χ1) is 19.4. The van der Waals surface area contributed by atoms with E-state index in [2.05, 4.69) is 20.2 Å². The molecule has 2 aromatic heterocycles. The van der Waals surface area contributed by atoms with E-state index >= 15 is 0 Å². The van der Waals surface area contributed by atoms with Crippen LogP contribution in [0.1, 0.15) is 54.5 Å². The van der Waals surface area contributed by atoms with E-state index in [0.29, 0.717) is 35.1 Å². The van der Waals surface area contributed by atoms with E-state index in [1.807, 2.05) is 32.0 Å². The fourth-order valence-corrected chi connectivity index (χ4v) is 5.44. The molecule has 3 atom stereocenters. The largest absolute Gasteiger partial charge is 0.451 e. The minimum absolute atomic E-state index is 0.00823. The van der Waals surface area contributed by atoms with Crippen LogP contribution in [0.2, 0.25) is 0 Å². The van der Waals surface area contributed by atoms with Crippen molar-refractivity contribution in [3.63, 3.8) is 0 Å². The molecule has 2 aliphatic rings. The number of rotatable bonds is 6. The Bertz CT molecular complexity index is 1370. The maximum Gasteiger partial charge on any atom is 0.451 e. The van der Waals surface area contributed by atoms with Crippen LogP contribution in [-0.4, -0.2) is 76.6 Å². The number of aromatic nitrogens is 3. The van der Waals surface area contributed by atoms with Crippen molar-refractivity contribution >= 4 is 22.6 Å². The molecule has 0 saturated carbocycles. The predicted molar refractivity (Wildman–Crippen MR) is 142 cm³/mol. The molecule has 2 fully saturated rings. The van der Waals surface area contributed by atoms with Crippen molar-refractivity contribution in [2.45, 2.75) is 57.0 Å². The van der Waals surface area contributed by atoms with Crippen LogP contribution in [-0.2, 0) is 10.9 Å². The van der Waals surface area contributed by atoms with Crippen molar-refractivity contribution < 1.29 is 31.5 Å². The highest BCUT2D eigenvalue weighted by molar-refractivity contribution is 6.06. The average molecular weight is 579 g/mol. The number of ether oxygens (including phenoxy) is 1. The first-order valence-corrected chi connectivity index (χ1v) is 13.5. The molecule has 0 aliphatic carbocycles. The van der Waals surface area contributed by atoms with Gasteiger partial charge in [-0.3, -0.25) is 9.69 Å². The maximum atomic E-state index is 13.8. The zero-order chi connectivity index (χ0) is 29.4. The van der Waals surface area contributed by atoms with Crippen LogP contribution in [0.15, 0.2) is 42.7 Å². The lowest BCUT2D eigenvalue weighted by Gasteiger charge is -2.37. The highest BCUT2D eigenvalue weighted by atomic mass is 19.4. The van der Waals surface area contributed by atoms with E-state index in [4.69, 9.17) is 9.72 Å². The molecule has 3 unspecified atom stereocenters. The van der Waals surface area contributed by atoms with Gasteiger partial charge in [0.05, 0.1) is 23.8 Å². The van der Waals surface area contributed by atoms with E-state index in [1.54, 1.807) is 17.0 Å². The Hall–Kier alpha value is -3.45. The molecule has 0 spiro atoms. The number of carbonyl (C=O) groups excluding carboxylic acids is 1. The van der Waals surface area contributed by atoms with Crippen molar-refractivity contribution in [1.29, 1.82) is 0 Å². The molecule has 1 N–H and O–H groups in total. The lowest BCUT2D eigenvalue weighted by atomic mass is 10.0. The van der Waals surface area contributed by atoms with Crippen LogP contribution in [0.4, 0.5) is 27.8 Å². The highest BCUT2D eigenvalue weighted by Crippen LogP contribution is 2.33. The van der Waals surface area contributed by atoms with Crippen LogP contribution in [0.25, 0.3) is 10.9 Å². The molecule has 13 heteroatoms. The number of pyridine rings is 1. The second-order valence-electron chi connectivity index (χ2n) is 10.7. The molecule has 0 bridgehead atoms. The summed E-state index contributed by atoms with van der Waals surface area (Å²) >= 11 is 0. The van der Waals surface area contributed by atoms with E-state index in [-0.39, 0.29) is 31.8 Å². The molecular formula is C28H31F5N6O2. The maximum absolute atomic E-state index is 13.8. The molecule has 1 amide bonds. The van der Waals surface area contributed by atoms with Gasteiger partial charge >= 0.3 is 6.18 Å². The number of nitrogens with one attached hydrogen (secondary N) is 1. The van der Waals surface area contributed by atoms with Crippen LogP contribution < -0.4 is 10.2 Å². The molecule has 2 saturated heterocycles. The zero-order valence-corrected chi connectivity index (χ0v) is 22.7. The third-order valence-electron chi connectivity index (χ3n) is 7.44. The Morgan fingerprint density at radius 1 is 1.07 bits per heavy atom. The number of fused-ring (bicyclic) bond motifs is 1. The summed E-state index contributed by atoms with van der Waals surface area (Å²) in [6, 6.07) is 8.22. The lowest BCUT2D eigenvalue weighted by Crippen LogP contribution is -2.45. The Labute approximate surface area is 233 Å². The number of carbonyl (C=O) groups is 1. The lowest BCUT2D eigenvalue weighted by molar-refractivity contribution is -0.145. The number of hydrogen-bond acceptors (Lipinski definition) is 7. The SMILES string of the molecule is CC1CN(c2ccc3c(C(=O)NCC(c4cnc(C(F)(F)F)nc4)N4CCC(F)(F)CC4)cccc3n2)CC(C)O1. The van der Waals surface area contributed by atoms with Gasteiger partial charge in [-0.05, 0) is 38.1 Å². The van der Waals surface area contributed by atoms with E-state index in [0.717, 1.165) is 18.2 Å². The third-order valence-corrected chi connectivity index (χ3v) is 7.44. The molecule has 0 radical (unpaired) electrons. The Balaban J connectivity index is 1.35. The van der Waals surface area contributed by atoms with Crippen molar-refractivity contribution in [3.8, 4) is 0 Å². The van der Waals surface area contributed by atoms with E-state index in [1.165, 1.54) is 0 Å². The Morgan fingerprint density at radius 2 is 1.73 bits per heavy atom. The van der Waals surface area contributed by atoms with Gasteiger partial charge in [0.2, 0.25) is 5.82 Å². The van der Waals surface area contributed by atoms with E-state index in [9.17, 15) is 26.7 Å². The number of benzene rings is 1. The quantitative estimate of drug-likeness (QED) is 0.419. The summed E-state index contributed by atoms with van der Waals surface area (Å²) in [5, 5.41) is 3.48. The number of morpholine rings is 1. The molecule has 5 rings (SSSR count). The molecule has 41 heavy (non-hydrogen) atoms. The van der Waals surface area contributed by atoms with Crippen molar-refractivity contribution in [2.75, 3.05) is 37.6 Å².